The van der Waals surface area contributed by atoms with Crippen molar-refractivity contribution in [2.45, 2.75) is 19.4 Å². The number of H-pyrrole nitrogens is 1. The van der Waals surface area contributed by atoms with E-state index in [1.165, 1.54) is 11.6 Å². The molecule has 2 aromatic heterocycles. The SMILES string of the molecule is CN1CC(Cn2cnc(=C3C=CC(F)=CC3)c2=C2CC=Nc3[nH]ccc32)C1. The number of nitrogens with zero attached hydrogens (tertiary/aromatic N) is 4. The Morgan fingerprint density at radius 2 is 2.15 bits per heavy atom. The van der Waals surface area contributed by atoms with Crippen molar-refractivity contribution in [2.24, 2.45) is 10.9 Å². The van der Waals surface area contributed by atoms with Crippen LogP contribution in [-0.4, -0.2) is 45.8 Å². The van der Waals surface area contributed by atoms with Gasteiger partial charge in [-0.15, -0.1) is 0 Å². The van der Waals surface area contributed by atoms with Crippen LogP contribution in [0.2, 0.25) is 0 Å². The van der Waals surface area contributed by atoms with Gasteiger partial charge in [0.2, 0.25) is 0 Å². The van der Waals surface area contributed by atoms with Crippen LogP contribution in [0.15, 0.2) is 47.6 Å². The first-order chi connectivity index (χ1) is 13.2. The van der Waals surface area contributed by atoms with Crippen molar-refractivity contribution in [3.05, 3.63) is 58.9 Å². The number of halogens is 1. The van der Waals surface area contributed by atoms with E-state index in [0.717, 1.165) is 53.7 Å². The van der Waals surface area contributed by atoms with Crippen molar-refractivity contribution >= 4 is 23.2 Å². The van der Waals surface area contributed by atoms with Gasteiger partial charge in [0.15, 0.2) is 0 Å². The van der Waals surface area contributed by atoms with E-state index in [2.05, 4.69) is 32.6 Å². The summed E-state index contributed by atoms with van der Waals surface area (Å²) in [5.41, 5.74) is 3.42. The summed E-state index contributed by atoms with van der Waals surface area (Å²) < 4.78 is 15.7. The summed E-state index contributed by atoms with van der Waals surface area (Å²) in [5.74, 6) is 1.36. The van der Waals surface area contributed by atoms with Gasteiger partial charge in [-0.25, -0.2) is 14.4 Å². The number of nitrogens with one attached hydrogen (secondary N) is 1. The Labute approximate surface area is 156 Å². The van der Waals surface area contributed by atoms with Gasteiger partial charge in [0.25, 0.3) is 0 Å². The lowest BCUT2D eigenvalue weighted by atomic mass is 9.99. The molecular formula is C21H22FN5. The van der Waals surface area contributed by atoms with Gasteiger partial charge in [-0.2, -0.15) is 0 Å². The van der Waals surface area contributed by atoms with Crippen LogP contribution in [0.3, 0.4) is 0 Å². The molecule has 0 radical (unpaired) electrons. The van der Waals surface area contributed by atoms with Crippen LogP contribution < -0.4 is 10.7 Å². The number of likely N-dealkylation sites (tertiary alicyclic amines) is 1. The van der Waals surface area contributed by atoms with Crippen molar-refractivity contribution in [1.29, 1.82) is 0 Å². The van der Waals surface area contributed by atoms with E-state index in [0.29, 0.717) is 12.3 Å². The van der Waals surface area contributed by atoms with Crippen LogP contribution in [0.5, 0.6) is 0 Å². The molecule has 0 bridgehead atoms. The number of hydrogen-bond acceptors (Lipinski definition) is 3. The number of aromatic nitrogens is 3. The van der Waals surface area contributed by atoms with Crippen molar-refractivity contribution in [1.82, 2.24) is 19.4 Å². The van der Waals surface area contributed by atoms with Gasteiger partial charge in [0, 0.05) is 49.9 Å². The second-order valence-corrected chi connectivity index (χ2v) is 7.57. The first-order valence-electron chi connectivity index (χ1n) is 9.39. The molecule has 138 valence electrons. The highest BCUT2D eigenvalue weighted by atomic mass is 19.1. The lowest BCUT2D eigenvalue weighted by Crippen LogP contribution is -2.47. The van der Waals surface area contributed by atoms with Gasteiger partial charge in [-0.1, -0.05) is 6.08 Å². The minimum absolute atomic E-state index is 0.178. The monoisotopic (exact) mass is 363 g/mol. The fourth-order valence-corrected chi connectivity index (χ4v) is 4.27. The highest BCUT2D eigenvalue weighted by Crippen LogP contribution is 2.28. The Hall–Kier alpha value is -2.73. The third kappa shape index (κ3) is 2.90. The van der Waals surface area contributed by atoms with Crippen LogP contribution in [0.1, 0.15) is 18.4 Å². The lowest BCUT2D eigenvalue weighted by Gasteiger charge is -2.36. The van der Waals surface area contributed by atoms with Gasteiger partial charge >= 0.3 is 0 Å². The van der Waals surface area contributed by atoms with Crippen LogP contribution in [0.25, 0.3) is 11.1 Å². The van der Waals surface area contributed by atoms with Gasteiger partial charge in [-0.05, 0) is 42.8 Å². The van der Waals surface area contributed by atoms with Crippen molar-refractivity contribution in [2.75, 3.05) is 20.1 Å². The van der Waals surface area contributed by atoms with E-state index in [9.17, 15) is 4.39 Å². The zero-order chi connectivity index (χ0) is 18.4. The molecule has 1 fully saturated rings. The lowest BCUT2D eigenvalue weighted by molar-refractivity contribution is 0.118. The third-order valence-electron chi connectivity index (χ3n) is 5.55. The fourth-order valence-electron chi connectivity index (χ4n) is 4.27. The Kier molecular flexibility index (Phi) is 3.93. The smallest absolute Gasteiger partial charge is 0.137 e. The Balaban J connectivity index is 1.72. The fraction of sp³-hybridized carbons (Fsp3) is 0.333. The molecule has 27 heavy (non-hydrogen) atoms. The van der Waals surface area contributed by atoms with Gasteiger partial charge < -0.3 is 14.5 Å². The number of aromatic amines is 1. The summed E-state index contributed by atoms with van der Waals surface area (Å²) in [6.45, 7) is 3.18. The molecule has 4 heterocycles. The van der Waals surface area contributed by atoms with E-state index < -0.39 is 0 Å². The zero-order valence-corrected chi connectivity index (χ0v) is 15.3. The van der Waals surface area contributed by atoms with E-state index in [1.54, 1.807) is 6.08 Å². The molecule has 0 atom stereocenters. The summed E-state index contributed by atoms with van der Waals surface area (Å²) in [4.78, 5) is 14.8. The second kappa shape index (κ2) is 6.46. The van der Waals surface area contributed by atoms with E-state index in [4.69, 9.17) is 4.98 Å². The normalized spacial score (nSPS) is 24.0. The highest BCUT2D eigenvalue weighted by molar-refractivity contribution is 5.88. The van der Waals surface area contributed by atoms with Crippen molar-refractivity contribution in [3.8, 4) is 0 Å². The van der Waals surface area contributed by atoms with E-state index in [1.807, 2.05) is 24.8 Å². The summed E-state index contributed by atoms with van der Waals surface area (Å²) in [7, 11) is 2.15. The molecule has 2 aliphatic heterocycles. The largest absolute Gasteiger partial charge is 0.346 e. The average Bonchev–Trinajstić information content (AvgIpc) is 3.28. The Morgan fingerprint density at radius 1 is 1.26 bits per heavy atom. The quantitative estimate of drug-likeness (QED) is 0.888. The predicted octanol–water partition coefficient (Wildman–Crippen LogP) is 2.04. The standard InChI is InChI=1S/C21H22FN5/c1-26-10-14(11-26)12-27-13-25-19(15-2-4-16(22)5-3-15)20(27)17-6-8-23-21-18(17)7-9-24-21/h2,4-5,7-9,13-14,24H,3,6,10-12H2,1H3. The minimum Gasteiger partial charge on any atom is -0.346 e. The molecule has 0 spiro atoms. The topological polar surface area (TPSA) is 49.2 Å². The predicted molar refractivity (Wildman–Crippen MR) is 105 cm³/mol. The summed E-state index contributed by atoms with van der Waals surface area (Å²) in [5, 5.41) is 2.10. The first kappa shape index (κ1) is 16.4. The average molecular weight is 363 g/mol. The third-order valence-corrected chi connectivity index (χ3v) is 5.55. The maximum atomic E-state index is 13.5. The van der Waals surface area contributed by atoms with Crippen LogP contribution in [0, 0.1) is 5.92 Å². The number of aliphatic imine (C=N–C) groups is 1. The second-order valence-electron chi connectivity index (χ2n) is 7.57. The highest BCUT2D eigenvalue weighted by Gasteiger charge is 2.25. The van der Waals surface area contributed by atoms with Crippen molar-refractivity contribution in [3.63, 3.8) is 0 Å². The van der Waals surface area contributed by atoms with Crippen LogP contribution in [0.4, 0.5) is 10.2 Å². The molecule has 0 saturated carbocycles. The molecule has 1 aliphatic carbocycles. The number of allylic oxidation sites excluding steroid dienone is 4. The number of fused-ring (bicyclic) bond motifs is 1. The molecule has 3 aliphatic rings. The van der Waals surface area contributed by atoms with Crippen LogP contribution >= 0.6 is 0 Å². The van der Waals surface area contributed by atoms with Gasteiger partial charge in [0.1, 0.15) is 11.6 Å². The molecule has 2 aromatic rings. The molecule has 5 rings (SSSR count). The summed E-state index contributed by atoms with van der Waals surface area (Å²) >= 11 is 0. The maximum absolute atomic E-state index is 13.5. The van der Waals surface area contributed by atoms with Gasteiger partial charge in [-0.3, -0.25) is 0 Å². The number of imidazole rings is 1. The Bertz CT molecular complexity index is 1090. The molecule has 5 nitrogen and oxygen atoms in total. The summed E-state index contributed by atoms with van der Waals surface area (Å²) in [6.07, 6.45) is 12.2. The molecule has 0 amide bonds. The van der Waals surface area contributed by atoms with E-state index >= 15 is 0 Å². The van der Waals surface area contributed by atoms with E-state index in [-0.39, 0.29) is 5.83 Å². The zero-order valence-electron chi connectivity index (χ0n) is 15.3. The number of hydrogen-bond donors (Lipinski definition) is 1. The molecule has 0 aromatic carbocycles. The summed E-state index contributed by atoms with van der Waals surface area (Å²) in [6, 6.07) is 2.08. The van der Waals surface area contributed by atoms with Crippen LogP contribution in [-0.2, 0) is 6.54 Å². The molecule has 6 heteroatoms. The number of rotatable bonds is 2. The molecular weight excluding hydrogens is 341 g/mol. The minimum atomic E-state index is -0.178. The molecule has 1 saturated heterocycles. The molecule has 0 unspecified atom stereocenters. The van der Waals surface area contributed by atoms with Crippen molar-refractivity contribution < 1.29 is 4.39 Å². The maximum Gasteiger partial charge on any atom is 0.137 e. The van der Waals surface area contributed by atoms with Gasteiger partial charge in [0.05, 0.1) is 17.0 Å². The first-order valence-corrected chi connectivity index (χ1v) is 9.39. The Morgan fingerprint density at radius 3 is 2.93 bits per heavy atom. The molecule has 1 N–H and O–H groups in total.